The number of hydrogen-bond acceptors (Lipinski definition) is 6. The summed E-state index contributed by atoms with van der Waals surface area (Å²) in [6.45, 7) is 0. The minimum atomic E-state index is -0.467. The number of nitrogens with one attached hydrogen (secondary N) is 1. The lowest BCUT2D eigenvalue weighted by Gasteiger charge is -2.03. The Kier molecular flexibility index (Phi) is 4.14. The van der Waals surface area contributed by atoms with Crippen molar-refractivity contribution in [3.8, 4) is 17.0 Å². The fourth-order valence-corrected chi connectivity index (χ4v) is 3.28. The molecule has 0 saturated carbocycles. The summed E-state index contributed by atoms with van der Waals surface area (Å²) in [6, 6.07) is 13.0. The van der Waals surface area contributed by atoms with Crippen LogP contribution in [-0.4, -0.2) is 12.1 Å². The second-order valence-corrected chi connectivity index (χ2v) is 6.38. The van der Waals surface area contributed by atoms with E-state index in [1.54, 1.807) is 48.9 Å². The van der Waals surface area contributed by atoms with Gasteiger partial charge in [0.2, 0.25) is 0 Å². The third kappa shape index (κ3) is 3.16. The molecule has 0 atom stereocenters. The van der Waals surface area contributed by atoms with Crippen molar-refractivity contribution in [1.29, 1.82) is 0 Å². The average Bonchev–Trinajstić information content (AvgIpc) is 3.09. The van der Waals surface area contributed by atoms with Crippen LogP contribution in [0, 0.1) is 5.82 Å². The standard InChI is InChI=1S/C19H13FN2O3S/c1-24-14-5-6-17-11(7-14)8-15(18(23)25-17)16-10-26-19(22-16)21-13-4-2-3-12(20)9-13/h2-10H,1H3,(H,21,22). The van der Waals surface area contributed by atoms with Gasteiger partial charge in [-0.25, -0.2) is 14.2 Å². The predicted molar refractivity (Wildman–Crippen MR) is 99.8 cm³/mol. The summed E-state index contributed by atoms with van der Waals surface area (Å²) in [5.74, 6) is 0.333. The van der Waals surface area contributed by atoms with Gasteiger partial charge in [-0.15, -0.1) is 11.3 Å². The van der Waals surface area contributed by atoms with Crippen LogP contribution in [0.5, 0.6) is 5.75 Å². The van der Waals surface area contributed by atoms with Crippen molar-refractivity contribution >= 4 is 33.1 Å². The van der Waals surface area contributed by atoms with Crippen LogP contribution < -0.4 is 15.7 Å². The van der Waals surface area contributed by atoms with E-state index in [-0.39, 0.29) is 5.82 Å². The molecular formula is C19H13FN2O3S. The first-order valence-corrected chi connectivity index (χ1v) is 8.61. The lowest BCUT2D eigenvalue weighted by atomic mass is 10.1. The summed E-state index contributed by atoms with van der Waals surface area (Å²) in [5, 5.41) is 6.07. The quantitative estimate of drug-likeness (QED) is 0.524. The highest BCUT2D eigenvalue weighted by Gasteiger charge is 2.12. The number of fused-ring (bicyclic) bond motifs is 1. The van der Waals surface area contributed by atoms with Crippen LogP contribution in [-0.2, 0) is 0 Å². The molecule has 0 unspecified atom stereocenters. The van der Waals surface area contributed by atoms with E-state index in [9.17, 15) is 9.18 Å². The van der Waals surface area contributed by atoms with Gasteiger partial charge < -0.3 is 14.5 Å². The summed E-state index contributed by atoms with van der Waals surface area (Å²) in [5.41, 5.74) is 1.45. The molecule has 2 heterocycles. The molecule has 0 aliphatic rings. The number of methoxy groups -OCH3 is 1. The second-order valence-electron chi connectivity index (χ2n) is 5.52. The molecule has 0 bridgehead atoms. The zero-order valence-electron chi connectivity index (χ0n) is 13.7. The van der Waals surface area contributed by atoms with E-state index in [0.29, 0.717) is 33.4 Å². The summed E-state index contributed by atoms with van der Waals surface area (Å²) < 4.78 is 23.9. The molecule has 0 saturated heterocycles. The van der Waals surface area contributed by atoms with E-state index < -0.39 is 5.63 Å². The first-order chi connectivity index (χ1) is 12.6. The minimum absolute atomic E-state index is 0.337. The Balaban J connectivity index is 1.70. The maximum absolute atomic E-state index is 13.3. The Morgan fingerprint density at radius 3 is 2.88 bits per heavy atom. The number of rotatable bonds is 4. The molecule has 4 aromatic rings. The van der Waals surface area contributed by atoms with E-state index in [0.717, 1.165) is 5.39 Å². The summed E-state index contributed by atoms with van der Waals surface area (Å²) in [6.07, 6.45) is 0. The largest absolute Gasteiger partial charge is 0.497 e. The van der Waals surface area contributed by atoms with Crippen LogP contribution in [0.2, 0.25) is 0 Å². The van der Waals surface area contributed by atoms with Crippen LogP contribution in [0.3, 0.4) is 0 Å². The van der Waals surface area contributed by atoms with Gasteiger partial charge in [0.25, 0.3) is 0 Å². The van der Waals surface area contributed by atoms with Crippen molar-refractivity contribution < 1.29 is 13.5 Å². The molecule has 130 valence electrons. The number of halogens is 1. The van der Waals surface area contributed by atoms with Gasteiger partial charge >= 0.3 is 5.63 Å². The molecule has 5 nitrogen and oxygen atoms in total. The fourth-order valence-electron chi connectivity index (χ4n) is 2.55. The van der Waals surface area contributed by atoms with Gasteiger partial charge in [-0.05, 0) is 42.5 Å². The van der Waals surface area contributed by atoms with Gasteiger partial charge in [-0.2, -0.15) is 0 Å². The average molecular weight is 368 g/mol. The number of thiazole rings is 1. The van der Waals surface area contributed by atoms with Crippen molar-refractivity contribution in [1.82, 2.24) is 4.98 Å². The molecule has 7 heteroatoms. The van der Waals surface area contributed by atoms with E-state index >= 15 is 0 Å². The van der Waals surface area contributed by atoms with Crippen LogP contribution >= 0.6 is 11.3 Å². The third-order valence-electron chi connectivity index (χ3n) is 3.80. The van der Waals surface area contributed by atoms with Gasteiger partial charge in [-0.1, -0.05) is 6.07 Å². The molecule has 2 aromatic carbocycles. The number of ether oxygens (including phenoxy) is 1. The number of anilines is 2. The van der Waals surface area contributed by atoms with Crippen LogP contribution in [0.4, 0.5) is 15.2 Å². The molecule has 1 N–H and O–H groups in total. The molecule has 0 amide bonds. The zero-order valence-corrected chi connectivity index (χ0v) is 14.5. The predicted octanol–water partition coefficient (Wildman–Crippen LogP) is 4.81. The summed E-state index contributed by atoms with van der Waals surface area (Å²) in [4.78, 5) is 16.7. The van der Waals surface area contributed by atoms with Crippen molar-refractivity contribution in [3.05, 3.63) is 70.1 Å². The number of aromatic nitrogens is 1. The fraction of sp³-hybridized carbons (Fsp3) is 0.0526. The number of nitrogens with zero attached hydrogens (tertiary/aromatic N) is 1. The van der Waals surface area contributed by atoms with Crippen LogP contribution in [0.1, 0.15) is 0 Å². The molecule has 0 aliphatic carbocycles. The first kappa shape index (κ1) is 16.3. The normalized spacial score (nSPS) is 10.8. The Morgan fingerprint density at radius 2 is 2.08 bits per heavy atom. The van der Waals surface area contributed by atoms with Gasteiger partial charge in [0.1, 0.15) is 17.1 Å². The molecule has 0 spiro atoms. The maximum atomic E-state index is 13.3. The Morgan fingerprint density at radius 1 is 1.19 bits per heavy atom. The first-order valence-electron chi connectivity index (χ1n) is 7.73. The maximum Gasteiger partial charge on any atom is 0.345 e. The van der Waals surface area contributed by atoms with E-state index in [1.165, 1.54) is 23.5 Å². The Bertz CT molecular complexity index is 1150. The topological polar surface area (TPSA) is 64.4 Å². The van der Waals surface area contributed by atoms with Crippen LogP contribution in [0.25, 0.3) is 22.2 Å². The zero-order chi connectivity index (χ0) is 18.1. The third-order valence-corrected chi connectivity index (χ3v) is 4.55. The van der Waals surface area contributed by atoms with Crippen molar-refractivity contribution in [3.63, 3.8) is 0 Å². The lowest BCUT2D eigenvalue weighted by Crippen LogP contribution is -2.03. The van der Waals surface area contributed by atoms with E-state index in [4.69, 9.17) is 9.15 Å². The molecule has 0 fully saturated rings. The Labute approximate surface area is 151 Å². The minimum Gasteiger partial charge on any atom is -0.497 e. The molecule has 2 aromatic heterocycles. The van der Waals surface area contributed by atoms with Crippen molar-refractivity contribution in [2.45, 2.75) is 0 Å². The van der Waals surface area contributed by atoms with Crippen molar-refractivity contribution in [2.75, 3.05) is 12.4 Å². The highest BCUT2D eigenvalue weighted by Crippen LogP contribution is 2.28. The molecule has 26 heavy (non-hydrogen) atoms. The van der Waals surface area contributed by atoms with Gasteiger partial charge in [0.15, 0.2) is 5.13 Å². The molecule has 0 aliphatic heterocycles. The van der Waals surface area contributed by atoms with Crippen molar-refractivity contribution in [2.24, 2.45) is 0 Å². The highest BCUT2D eigenvalue weighted by molar-refractivity contribution is 7.14. The van der Waals surface area contributed by atoms with E-state index in [1.807, 2.05) is 0 Å². The summed E-state index contributed by atoms with van der Waals surface area (Å²) >= 11 is 1.32. The number of benzene rings is 2. The lowest BCUT2D eigenvalue weighted by molar-refractivity contribution is 0.415. The van der Waals surface area contributed by atoms with Gasteiger partial charge in [-0.3, -0.25) is 0 Å². The molecule has 4 rings (SSSR count). The highest BCUT2D eigenvalue weighted by atomic mass is 32.1. The number of hydrogen-bond donors (Lipinski definition) is 1. The second kappa shape index (κ2) is 6.61. The monoisotopic (exact) mass is 368 g/mol. The smallest absolute Gasteiger partial charge is 0.345 e. The Hall–Kier alpha value is -3.19. The SMILES string of the molecule is COc1ccc2oc(=O)c(-c3csc(Nc4cccc(F)c4)n3)cc2c1. The van der Waals surface area contributed by atoms with E-state index in [2.05, 4.69) is 10.3 Å². The van der Waals surface area contributed by atoms with Crippen LogP contribution in [0.15, 0.2) is 63.1 Å². The van der Waals surface area contributed by atoms with Gasteiger partial charge in [0.05, 0.1) is 18.4 Å². The summed E-state index contributed by atoms with van der Waals surface area (Å²) in [7, 11) is 1.58. The molecule has 0 radical (unpaired) electrons. The molecular weight excluding hydrogens is 355 g/mol. The van der Waals surface area contributed by atoms with Gasteiger partial charge in [0, 0.05) is 16.5 Å².